The van der Waals surface area contributed by atoms with Gasteiger partial charge in [-0.1, -0.05) is 19.8 Å². The van der Waals surface area contributed by atoms with Crippen molar-refractivity contribution in [1.82, 2.24) is 5.32 Å². The van der Waals surface area contributed by atoms with E-state index in [1.807, 2.05) is 0 Å². The quantitative estimate of drug-likeness (QED) is 0.679. The number of hydrogen-bond donors (Lipinski definition) is 3. The summed E-state index contributed by atoms with van der Waals surface area (Å²) in [5.41, 5.74) is 0.775. The fraction of sp³-hybridized carbons (Fsp3) is 0.385. The highest BCUT2D eigenvalue weighted by Gasteiger charge is 2.03. The largest absolute Gasteiger partial charge is 0.478 e. The second-order valence-corrected chi connectivity index (χ2v) is 3.97. The van der Waals surface area contributed by atoms with Crippen LogP contribution in [0.3, 0.4) is 0 Å². The minimum atomic E-state index is -0.981. The van der Waals surface area contributed by atoms with Crippen molar-refractivity contribution in [3.8, 4) is 0 Å². The molecule has 0 saturated heterocycles. The molecule has 5 heteroatoms. The molecule has 1 aromatic rings. The third kappa shape index (κ3) is 4.86. The zero-order valence-corrected chi connectivity index (χ0v) is 10.4. The van der Waals surface area contributed by atoms with Crippen LogP contribution in [0.4, 0.5) is 10.5 Å². The number of rotatable bonds is 6. The molecule has 0 aromatic heterocycles. The van der Waals surface area contributed by atoms with Gasteiger partial charge in [0.15, 0.2) is 0 Å². The lowest BCUT2D eigenvalue weighted by molar-refractivity contribution is 0.0697. The third-order valence-corrected chi connectivity index (χ3v) is 2.46. The number of unbranched alkanes of at least 4 members (excludes halogenated alkanes) is 2. The maximum absolute atomic E-state index is 11.5. The van der Waals surface area contributed by atoms with Gasteiger partial charge in [0, 0.05) is 12.2 Å². The average Bonchev–Trinajstić information content (AvgIpc) is 2.35. The van der Waals surface area contributed by atoms with Crippen LogP contribution < -0.4 is 10.6 Å². The molecule has 0 aliphatic heterocycles. The summed E-state index contributed by atoms with van der Waals surface area (Å²) in [6.07, 6.45) is 3.16. The van der Waals surface area contributed by atoms with Crippen LogP contribution in [0, 0.1) is 0 Å². The number of urea groups is 1. The van der Waals surface area contributed by atoms with Crippen LogP contribution >= 0.6 is 0 Å². The third-order valence-electron chi connectivity index (χ3n) is 2.46. The standard InChI is InChI=1S/C13H18N2O3/c1-2-3-4-9-14-13(18)15-11-7-5-10(6-8-11)12(16)17/h5-8H,2-4,9H2,1H3,(H,16,17)(H2,14,15,18). The normalized spacial score (nSPS) is 9.83. The van der Waals surface area contributed by atoms with Crippen LogP contribution in [-0.2, 0) is 0 Å². The van der Waals surface area contributed by atoms with E-state index in [2.05, 4.69) is 17.6 Å². The van der Waals surface area contributed by atoms with Gasteiger partial charge in [-0.3, -0.25) is 0 Å². The molecule has 0 saturated carbocycles. The molecule has 0 radical (unpaired) electrons. The summed E-state index contributed by atoms with van der Waals surface area (Å²) in [5.74, 6) is -0.981. The minimum Gasteiger partial charge on any atom is -0.478 e. The maximum atomic E-state index is 11.5. The molecular weight excluding hydrogens is 232 g/mol. The minimum absolute atomic E-state index is 0.198. The van der Waals surface area contributed by atoms with E-state index in [-0.39, 0.29) is 11.6 Å². The van der Waals surface area contributed by atoms with Gasteiger partial charge in [0.1, 0.15) is 0 Å². The Morgan fingerprint density at radius 2 is 1.83 bits per heavy atom. The van der Waals surface area contributed by atoms with Crippen LogP contribution in [0.15, 0.2) is 24.3 Å². The Balaban J connectivity index is 2.37. The molecule has 2 amide bonds. The van der Waals surface area contributed by atoms with E-state index in [0.717, 1.165) is 19.3 Å². The number of aromatic carboxylic acids is 1. The van der Waals surface area contributed by atoms with Crippen molar-refractivity contribution in [2.75, 3.05) is 11.9 Å². The maximum Gasteiger partial charge on any atom is 0.335 e. The van der Waals surface area contributed by atoms with E-state index in [0.29, 0.717) is 12.2 Å². The van der Waals surface area contributed by atoms with Crippen molar-refractivity contribution in [3.05, 3.63) is 29.8 Å². The fourth-order valence-electron chi connectivity index (χ4n) is 1.45. The molecule has 1 rings (SSSR count). The van der Waals surface area contributed by atoms with E-state index in [1.54, 1.807) is 12.1 Å². The monoisotopic (exact) mass is 250 g/mol. The van der Waals surface area contributed by atoms with Gasteiger partial charge in [-0.2, -0.15) is 0 Å². The van der Waals surface area contributed by atoms with Crippen molar-refractivity contribution in [1.29, 1.82) is 0 Å². The lowest BCUT2D eigenvalue weighted by atomic mass is 10.2. The topological polar surface area (TPSA) is 78.4 Å². The Labute approximate surface area is 106 Å². The van der Waals surface area contributed by atoms with E-state index in [9.17, 15) is 9.59 Å². The van der Waals surface area contributed by atoms with Gasteiger partial charge in [0.25, 0.3) is 0 Å². The zero-order chi connectivity index (χ0) is 13.4. The molecule has 0 aliphatic carbocycles. The first kappa shape index (κ1) is 14.0. The van der Waals surface area contributed by atoms with Gasteiger partial charge < -0.3 is 15.7 Å². The first-order valence-electron chi connectivity index (χ1n) is 6.01. The summed E-state index contributed by atoms with van der Waals surface area (Å²) in [4.78, 5) is 22.1. The number of anilines is 1. The van der Waals surface area contributed by atoms with Crippen LogP contribution in [0.5, 0.6) is 0 Å². The molecular formula is C13H18N2O3. The number of carbonyl (C=O) groups excluding carboxylic acids is 1. The van der Waals surface area contributed by atoms with E-state index >= 15 is 0 Å². The number of carboxylic acids is 1. The summed E-state index contributed by atoms with van der Waals surface area (Å²) >= 11 is 0. The summed E-state index contributed by atoms with van der Waals surface area (Å²) in [7, 11) is 0. The molecule has 0 atom stereocenters. The number of hydrogen-bond acceptors (Lipinski definition) is 2. The molecule has 0 fully saturated rings. The average molecular weight is 250 g/mol. The molecule has 0 heterocycles. The number of amides is 2. The van der Waals surface area contributed by atoms with Crippen molar-refractivity contribution in [3.63, 3.8) is 0 Å². The fourth-order valence-corrected chi connectivity index (χ4v) is 1.45. The second kappa shape index (κ2) is 7.32. The molecule has 0 unspecified atom stereocenters. The Morgan fingerprint density at radius 3 is 2.39 bits per heavy atom. The molecule has 0 bridgehead atoms. The molecule has 0 aliphatic rings. The molecule has 1 aromatic carbocycles. The highest BCUT2D eigenvalue weighted by atomic mass is 16.4. The van der Waals surface area contributed by atoms with Crippen LogP contribution in [0.2, 0.25) is 0 Å². The van der Waals surface area contributed by atoms with Gasteiger partial charge in [0.2, 0.25) is 0 Å². The number of carbonyl (C=O) groups is 2. The van der Waals surface area contributed by atoms with E-state index < -0.39 is 5.97 Å². The summed E-state index contributed by atoms with van der Waals surface area (Å²) < 4.78 is 0. The van der Waals surface area contributed by atoms with Crippen molar-refractivity contribution in [2.45, 2.75) is 26.2 Å². The summed E-state index contributed by atoms with van der Waals surface area (Å²) in [6.45, 7) is 2.75. The van der Waals surface area contributed by atoms with Crippen molar-refractivity contribution >= 4 is 17.7 Å². The second-order valence-electron chi connectivity index (χ2n) is 3.97. The summed E-state index contributed by atoms with van der Waals surface area (Å²) in [5, 5.41) is 14.1. The van der Waals surface area contributed by atoms with Crippen LogP contribution in [-0.4, -0.2) is 23.7 Å². The first-order valence-corrected chi connectivity index (χ1v) is 6.01. The van der Waals surface area contributed by atoms with Gasteiger partial charge in [-0.05, 0) is 30.7 Å². The predicted octanol–water partition coefficient (Wildman–Crippen LogP) is 2.70. The Bertz CT molecular complexity index is 401. The molecule has 0 spiro atoms. The SMILES string of the molecule is CCCCCNC(=O)Nc1ccc(C(=O)O)cc1. The molecule has 18 heavy (non-hydrogen) atoms. The number of carboxylic acid groups (broad SMARTS) is 1. The highest BCUT2D eigenvalue weighted by molar-refractivity contribution is 5.91. The first-order chi connectivity index (χ1) is 8.63. The van der Waals surface area contributed by atoms with Gasteiger partial charge >= 0.3 is 12.0 Å². The van der Waals surface area contributed by atoms with Crippen LogP contribution in [0.25, 0.3) is 0 Å². The van der Waals surface area contributed by atoms with Crippen molar-refractivity contribution in [2.24, 2.45) is 0 Å². The molecule has 3 N–H and O–H groups in total. The van der Waals surface area contributed by atoms with Crippen LogP contribution in [0.1, 0.15) is 36.5 Å². The lowest BCUT2D eigenvalue weighted by Crippen LogP contribution is -2.29. The van der Waals surface area contributed by atoms with E-state index in [4.69, 9.17) is 5.11 Å². The molecule has 5 nitrogen and oxygen atoms in total. The number of nitrogens with one attached hydrogen (secondary N) is 2. The molecule has 98 valence electrons. The smallest absolute Gasteiger partial charge is 0.335 e. The van der Waals surface area contributed by atoms with Gasteiger partial charge in [-0.25, -0.2) is 9.59 Å². The zero-order valence-electron chi connectivity index (χ0n) is 10.4. The van der Waals surface area contributed by atoms with E-state index in [1.165, 1.54) is 12.1 Å². The Hall–Kier alpha value is -2.04. The Kier molecular flexibility index (Phi) is 5.70. The van der Waals surface area contributed by atoms with Gasteiger partial charge in [-0.15, -0.1) is 0 Å². The summed E-state index contributed by atoms with van der Waals surface area (Å²) in [6, 6.07) is 5.77. The lowest BCUT2D eigenvalue weighted by Gasteiger charge is -2.07. The number of benzene rings is 1. The Morgan fingerprint density at radius 1 is 1.17 bits per heavy atom. The van der Waals surface area contributed by atoms with Crippen molar-refractivity contribution < 1.29 is 14.7 Å². The predicted molar refractivity (Wildman–Crippen MR) is 69.9 cm³/mol. The van der Waals surface area contributed by atoms with Gasteiger partial charge in [0.05, 0.1) is 5.56 Å². The highest BCUT2D eigenvalue weighted by Crippen LogP contribution is 2.09.